The lowest BCUT2D eigenvalue weighted by molar-refractivity contribution is 0.324. The highest BCUT2D eigenvalue weighted by Gasteiger charge is 2.18. The van der Waals surface area contributed by atoms with E-state index < -0.39 is 0 Å². The van der Waals surface area contributed by atoms with E-state index in [-0.39, 0.29) is 6.04 Å². The Hall–Kier alpha value is -0.480. The van der Waals surface area contributed by atoms with Crippen molar-refractivity contribution in [3.05, 3.63) is 10.6 Å². The maximum absolute atomic E-state index is 6.26. The van der Waals surface area contributed by atoms with Crippen LogP contribution in [-0.4, -0.2) is 9.59 Å². The van der Waals surface area contributed by atoms with Crippen LogP contribution in [0.15, 0.2) is 0 Å². The zero-order valence-corrected chi connectivity index (χ0v) is 11.5. The SMILES string of the molecule is CCc1nnsc1C(N)CCC1CCCCC1. The fourth-order valence-corrected chi connectivity index (χ4v) is 3.54. The fourth-order valence-electron chi connectivity index (χ4n) is 2.76. The molecule has 0 aliphatic heterocycles. The van der Waals surface area contributed by atoms with Crippen LogP contribution in [0.2, 0.25) is 0 Å². The van der Waals surface area contributed by atoms with Crippen LogP contribution in [0.3, 0.4) is 0 Å². The Morgan fingerprint density at radius 3 is 2.82 bits per heavy atom. The Morgan fingerprint density at radius 1 is 1.35 bits per heavy atom. The molecule has 1 aromatic rings. The van der Waals surface area contributed by atoms with Crippen molar-refractivity contribution in [2.24, 2.45) is 11.7 Å². The minimum absolute atomic E-state index is 0.159. The third-order valence-electron chi connectivity index (χ3n) is 3.87. The van der Waals surface area contributed by atoms with Crippen molar-refractivity contribution < 1.29 is 0 Å². The maximum Gasteiger partial charge on any atom is 0.0800 e. The molecule has 4 heteroatoms. The molecule has 1 aromatic heterocycles. The zero-order chi connectivity index (χ0) is 12.1. The summed E-state index contributed by atoms with van der Waals surface area (Å²) in [5.41, 5.74) is 7.37. The molecule has 1 heterocycles. The predicted octanol–water partition coefficient (Wildman–Crippen LogP) is 3.46. The summed E-state index contributed by atoms with van der Waals surface area (Å²) >= 11 is 1.48. The van der Waals surface area contributed by atoms with Crippen LogP contribution in [0.5, 0.6) is 0 Å². The van der Waals surface area contributed by atoms with Crippen LogP contribution in [0, 0.1) is 5.92 Å². The van der Waals surface area contributed by atoms with E-state index in [9.17, 15) is 0 Å². The van der Waals surface area contributed by atoms with Gasteiger partial charge in [-0.15, -0.1) is 5.10 Å². The van der Waals surface area contributed by atoms with E-state index in [1.165, 1.54) is 54.9 Å². The molecular weight excluding hydrogens is 230 g/mol. The van der Waals surface area contributed by atoms with Gasteiger partial charge in [0.2, 0.25) is 0 Å². The van der Waals surface area contributed by atoms with Crippen LogP contribution in [0.25, 0.3) is 0 Å². The van der Waals surface area contributed by atoms with Crippen molar-refractivity contribution in [2.75, 3.05) is 0 Å². The minimum atomic E-state index is 0.159. The molecule has 1 unspecified atom stereocenters. The van der Waals surface area contributed by atoms with Gasteiger partial charge in [-0.2, -0.15) is 0 Å². The molecule has 0 radical (unpaired) electrons. The van der Waals surface area contributed by atoms with Crippen molar-refractivity contribution >= 4 is 11.5 Å². The van der Waals surface area contributed by atoms with Gasteiger partial charge in [-0.1, -0.05) is 43.5 Å². The summed E-state index contributed by atoms with van der Waals surface area (Å²) in [6.07, 6.45) is 10.4. The minimum Gasteiger partial charge on any atom is -0.323 e. The van der Waals surface area contributed by atoms with Gasteiger partial charge in [-0.05, 0) is 36.7 Å². The van der Waals surface area contributed by atoms with E-state index in [4.69, 9.17) is 5.73 Å². The van der Waals surface area contributed by atoms with Crippen LogP contribution in [0.1, 0.15) is 68.5 Å². The largest absolute Gasteiger partial charge is 0.323 e. The molecule has 0 aromatic carbocycles. The maximum atomic E-state index is 6.26. The summed E-state index contributed by atoms with van der Waals surface area (Å²) in [6, 6.07) is 0.159. The van der Waals surface area contributed by atoms with E-state index in [0.717, 1.165) is 24.5 Å². The Labute approximate surface area is 108 Å². The van der Waals surface area contributed by atoms with Gasteiger partial charge < -0.3 is 5.73 Å². The molecule has 0 bridgehead atoms. The molecule has 1 aliphatic carbocycles. The number of hydrogen-bond donors (Lipinski definition) is 1. The number of hydrogen-bond acceptors (Lipinski definition) is 4. The van der Waals surface area contributed by atoms with Gasteiger partial charge in [-0.3, -0.25) is 0 Å². The summed E-state index contributed by atoms with van der Waals surface area (Å²) in [6.45, 7) is 2.12. The Balaban J connectivity index is 1.82. The predicted molar refractivity (Wildman–Crippen MR) is 72.0 cm³/mol. The first-order valence-corrected chi connectivity index (χ1v) is 7.65. The van der Waals surface area contributed by atoms with Crippen molar-refractivity contribution in [3.8, 4) is 0 Å². The van der Waals surface area contributed by atoms with Gasteiger partial charge >= 0.3 is 0 Å². The molecule has 3 nitrogen and oxygen atoms in total. The topological polar surface area (TPSA) is 51.8 Å². The highest BCUT2D eigenvalue weighted by molar-refractivity contribution is 7.05. The second-order valence-corrected chi connectivity index (χ2v) is 5.91. The van der Waals surface area contributed by atoms with Gasteiger partial charge in [0.1, 0.15) is 0 Å². The molecule has 96 valence electrons. The smallest absolute Gasteiger partial charge is 0.0800 e. The van der Waals surface area contributed by atoms with E-state index in [1.807, 2.05) is 0 Å². The first-order chi connectivity index (χ1) is 8.31. The lowest BCUT2D eigenvalue weighted by atomic mass is 9.85. The molecule has 0 amide bonds. The number of nitrogens with two attached hydrogens (primary N) is 1. The number of rotatable bonds is 5. The van der Waals surface area contributed by atoms with Crippen molar-refractivity contribution in [1.29, 1.82) is 0 Å². The lowest BCUT2D eigenvalue weighted by Gasteiger charge is -2.22. The quantitative estimate of drug-likeness (QED) is 0.874. The second kappa shape index (κ2) is 6.45. The highest BCUT2D eigenvalue weighted by Crippen LogP contribution is 2.31. The van der Waals surface area contributed by atoms with Crippen LogP contribution < -0.4 is 5.73 Å². The molecule has 1 fully saturated rings. The van der Waals surface area contributed by atoms with E-state index in [1.54, 1.807) is 0 Å². The number of aromatic nitrogens is 2. The first kappa shape index (κ1) is 13.0. The van der Waals surface area contributed by atoms with Crippen molar-refractivity contribution in [3.63, 3.8) is 0 Å². The summed E-state index contributed by atoms with van der Waals surface area (Å²) in [5.74, 6) is 0.917. The Kier molecular flexibility index (Phi) is 4.92. The zero-order valence-electron chi connectivity index (χ0n) is 10.7. The molecule has 0 spiro atoms. The third kappa shape index (κ3) is 3.49. The van der Waals surface area contributed by atoms with E-state index >= 15 is 0 Å². The van der Waals surface area contributed by atoms with Gasteiger partial charge in [-0.25, -0.2) is 0 Å². The third-order valence-corrected chi connectivity index (χ3v) is 4.77. The lowest BCUT2D eigenvalue weighted by Crippen LogP contribution is -2.14. The first-order valence-electron chi connectivity index (χ1n) is 6.88. The number of nitrogens with zero attached hydrogens (tertiary/aromatic N) is 2. The summed E-state index contributed by atoms with van der Waals surface area (Å²) in [5, 5.41) is 4.14. The molecule has 1 saturated carbocycles. The van der Waals surface area contributed by atoms with Crippen molar-refractivity contribution in [2.45, 2.75) is 64.3 Å². The fraction of sp³-hybridized carbons (Fsp3) is 0.846. The molecule has 1 atom stereocenters. The normalized spacial score (nSPS) is 19.4. The molecule has 1 aliphatic rings. The van der Waals surface area contributed by atoms with Crippen LogP contribution >= 0.6 is 11.5 Å². The number of aryl methyl sites for hydroxylation is 1. The summed E-state index contributed by atoms with van der Waals surface area (Å²) in [4.78, 5) is 1.21. The molecule has 2 N–H and O–H groups in total. The monoisotopic (exact) mass is 253 g/mol. The van der Waals surface area contributed by atoms with Gasteiger partial charge in [0.05, 0.1) is 10.6 Å². The molecule has 0 saturated heterocycles. The summed E-state index contributed by atoms with van der Waals surface area (Å²) < 4.78 is 4.02. The van der Waals surface area contributed by atoms with Gasteiger partial charge in [0, 0.05) is 6.04 Å². The Bertz CT molecular complexity index is 331. The highest BCUT2D eigenvalue weighted by atomic mass is 32.1. The average Bonchev–Trinajstić information content (AvgIpc) is 2.85. The standard InChI is InChI=1S/C13H23N3S/c1-2-12-13(17-16-15-12)11(14)9-8-10-6-4-3-5-7-10/h10-11H,2-9,14H2,1H3. The molecule has 17 heavy (non-hydrogen) atoms. The molecular formula is C13H23N3S. The second-order valence-electron chi connectivity index (χ2n) is 5.13. The van der Waals surface area contributed by atoms with Gasteiger partial charge in [0.15, 0.2) is 0 Å². The Morgan fingerprint density at radius 2 is 2.12 bits per heavy atom. The summed E-state index contributed by atoms with van der Waals surface area (Å²) in [7, 11) is 0. The van der Waals surface area contributed by atoms with E-state index in [0.29, 0.717) is 0 Å². The van der Waals surface area contributed by atoms with Crippen LogP contribution in [-0.2, 0) is 6.42 Å². The molecule has 2 rings (SSSR count). The van der Waals surface area contributed by atoms with Crippen LogP contribution in [0.4, 0.5) is 0 Å². The van der Waals surface area contributed by atoms with Gasteiger partial charge in [0.25, 0.3) is 0 Å². The van der Waals surface area contributed by atoms with E-state index in [2.05, 4.69) is 16.5 Å². The van der Waals surface area contributed by atoms with Crippen molar-refractivity contribution in [1.82, 2.24) is 9.59 Å². The average molecular weight is 253 g/mol.